The fraction of sp³-hybridized carbons (Fsp3) is 0.667. The molecule has 8 heteroatoms. The maximum absolute atomic E-state index is 5.67. The van der Waals surface area contributed by atoms with E-state index in [1.54, 1.807) is 0 Å². The second kappa shape index (κ2) is 10.9. The number of nitrogens with one attached hydrogen (secondary N) is 2. The Morgan fingerprint density at radius 1 is 1.17 bits per heavy atom. The molecule has 0 unspecified atom stereocenters. The quantitative estimate of drug-likeness (QED) is 0.315. The molecular formula is C21H34IN3O3S. The highest BCUT2D eigenvalue weighted by atomic mass is 127. The van der Waals surface area contributed by atoms with Crippen LogP contribution >= 0.6 is 35.7 Å². The van der Waals surface area contributed by atoms with E-state index in [0.717, 1.165) is 63.1 Å². The minimum absolute atomic E-state index is 0. The van der Waals surface area contributed by atoms with Crippen LogP contribution in [0.25, 0.3) is 0 Å². The number of thioether (sulfide) groups is 1. The lowest BCUT2D eigenvalue weighted by atomic mass is 9.74. The van der Waals surface area contributed by atoms with Gasteiger partial charge in [-0.25, -0.2) is 0 Å². The third-order valence-electron chi connectivity index (χ3n) is 5.54. The number of fused-ring (bicyclic) bond motifs is 1. The Balaban J connectivity index is 0.00000300. The summed E-state index contributed by atoms with van der Waals surface area (Å²) < 4.78 is 16.9. The van der Waals surface area contributed by atoms with Crippen molar-refractivity contribution in [2.75, 3.05) is 45.9 Å². The minimum atomic E-state index is -0.00948. The standard InChI is InChI=1S/C21H33N3O3S.HI/c1-5-22-19(23-13-20(2,3)28-4)24-14-21(8-10-25-11-9-21)16-6-7-17-18(12-16)27-15-26-17;/h6-7,12H,5,8-11,13-15H2,1-4H3,(H2,22,23,24);1H. The highest BCUT2D eigenvalue weighted by Gasteiger charge is 2.36. The van der Waals surface area contributed by atoms with E-state index in [0.29, 0.717) is 6.79 Å². The highest BCUT2D eigenvalue weighted by Crippen LogP contribution is 2.40. The summed E-state index contributed by atoms with van der Waals surface area (Å²) in [7, 11) is 0. The molecule has 1 saturated heterocycles. The number of aliphatic imine (C=N–C) groups is 1. The third-order valence-corrected chi connectivity index (χ3v) is 6.78. The molecule has 29 heavy (non-hydrogen) atoms. The molecule has 2 N–H and O–H groups in total. The predicted octanol–water partition coefficient (Wildman–Crippen LogP) is 3.78. The molecule has 1 aromatic rings. The fourth-order valence-electron chi connectivity index (χ4n) is 3.48. The number of nitrogens with zero attached hydrogens (tertiary/aromatic N) is 1. The zero-order valence-corrected chi connectivity index (χ0v) is 21.0. The van der Waals surface area contributed by atoms with Crippen LogP contribution in [0.1, 0.15) is 39.2 Å². The van der Waals surface area contributed by atoms with Gasteiger partial charge < -0.3 is 24.8 Å². The lowest BCUT2D eigenvalue weighted by molar-refractivity contribution is 0.0513. The monoisotopic (exact) mass is 535 g/mol. The Morgan fingerprint density at radius 3 is 2.59 bits per heavy atom. The van der Waals surface area contributed by atoms with Crippen molar-refractivity contribution in [2.45, 2.75) is 43.8 Å². The summed E-state index contributed by atoms with van der Waals surface area (Å²) in [4.78, 5) is 4.82. The lowest BCUT2D eigenvalue weighted by Crippen LogP contribution is -2.48. The van der Waals surface area contributed by atoms with Crippen LogP contribution in [0.4, 0.5) is 0 Å². The van der Waals surface area contributed by atoms with Gasteiger partial charge in [0.05, 0.1) is 6.54 Å². The Morgan fingerprint density at radius 2 is 1.90 bits per heavy atom. The van der Waals surface area contributed by atoms with Gasteiger partial charge in [0.2, 0.25) is 6.79 Å². The normalized spacial score (nSPS) is 18.1. The molecular weight excluding hydrogens is 501 g/mol. The van der Waals surface area contributed by atoms with Gasteiger partial charge in [-0.3, -0.25) is 4.99 Å². The largest absolute Gasteiger partial charge is 0.454 e. The van der Waals surface area contributed by atoms with Crippen LogP contribution in [0.15, 0.2) is 23.2 Å². The first kappa shape index (κ1) is 24.4. The Hall–Kier alpha value is -0.870. The number of ether oxygens (including phenoxy) is 3. The fourth-order valence-corrected chi connectivity index (χ4v) is 3.68. The molecule has 2 heterocycles. The van der Waals surface area contributed by atoms with Gasteiger partial charge in [0.15, 0.2) is 17.5 Å². The first-order valence-corrected chi connectivity index (χ1v) is 11.3. The SMILES string of the molecule is CCNC(=NCC(C)(C)SC)NCC1(c2ccc3c(c2)OCO3)CCOCC1.I. The number of hydrogen-bond donors (Lipinski definition) is 2. The molecule has 0 bridgehead atoms. The van der Waals surface area contributed by atoms with E-state index >= 15 is 0 Å². The predicted molar refractivity (Wildman–Crippen MR) is 131 cm³/mol. The smallest absolute Gasteiger partial charge is 0.231 e. The second-order valence-corrected chi connectivity index (χ2v) is 9.49. The van der Waals surface area contributed by atoms with Crippen LogP contribution in [0.3, 0.4) is 0 Å². The summed E-state index contributed by atoms with van der Waals surface area (Å²) in [6.45, 7) is 10.8. The summed E-state index contributed by atoms with van der Waals surface area (Å²) in [6, 6.07) is 6.33. The van der Waals surface area contributed by atoms with Gasteiger partial charge in [-0.15, -0.1) is 24.0 Å². The number of halogens is 1. The van der Waals surface area contributed by atoms with Crippen molar-refractivity contribution in [3.63, 3.8) is 0 Å². The van der Waals surface area contributed by atoms with Crippen LogP contribution in [0, 0.1) is 0 Å². The van der Waals surface area contributed by atoms with E-state index in [-0.39, 0.29) is 34.1 Å². The van der Waals surface area contributed by atoms with E-state index in [9.17, 15) is 0 Å². The molecule has 0 radical (unpaired) electrons. The van der Waals surface area contributed by atoms with Gasteiger partial charge in [0, 0.05) is 36.5 Å². The molecule has 1 aromatic carbocycles. The molecule has 2 aliphatic heterocycles. The van der Waals surface area contributed by atoms with Gasteiger partial charge >= 0.3 is 0 Å². The lowest BCUT2D eigenvalue weighted by Gasteiger charge is -2.38. The maximum Gasteiger partial charge on any atom is 0.231 e. The molecule has 0 aromatic heterocycles. The van der Waals surface area contributed by atoms with Crippen molar-refractivity contribution < 1.29 is 14.2 Å². The summed E-state index contributed by atoms with van der Waals surface area (Å²) in [5, 5.41) is 6.98. The van der Waals surface area contributed by atoms with Crippen molar-refractivity contribution in [3.8, 4) is 11.5 Å². The Bertz CT molecular complexity index is 694. The molecule has 0 amide bonds. The molecule has 164 valence electrons. The van der Waals surface area contributed by atoms with Gasteiger partial charge in [0.25, 0.3) is 0 Å². The van der Waals surface area contributed by atoms with Crippen molar-refractivity contribution in [1.29, 1.82) is 0 Å². The molecule has 0 saturated carbocycles. The van der Waals surface area contributed by atoms with Gasteiger partial charge in [-0.1, -0.05) is 6.07 Å². The molecule has 6 nitrogen and oxygen atoms in total. The average Bonchev–Trinajstić information content (AvgIpc) is 3.19. The van der Waals surface area contributed by atoms with Crippen LogP contribution in [0.2, 0.25) is 0 Å². The molecule has 1 fully saturated rings. The first-order valence-electron chi connectivity index (χ1n) is 10.0. The summed E-state index contributed by atoms with van der Waals surface area (Å²) >= 11 is 1.84. The van der Waals surface area contributed by atoms with Crippen molar-refractivity contribution in [3.05, 3.63) is 23.8 Å². The first-order chi connectivity index (χ1) is 13.5. The van der Waals surface area contributed by atoms with Crippen molar-refractivity contribution >= 4 is 41.7 Å². The van der Waals surface area contributed by atoms with Crippen molar-refractivity contribution in [1.82, 2.24) is 10.6 Å². The maximum atomic E-state index is 5.67. The van der Waals surface area contributed by atoms with E-state index in [1.165, 1.54) is 5.56 Å². The molecule has 2 aliphatic rings. The van der Waals surface area contributed by atoms with Gasteiger partial charge in [-0.05, 0) is 57.6 Å². The summed E-state index contributed by atoms with van der Waals surface area (Å²) in [5.41, 5.74) is 1.26. The number of hydrogen-bond acceptors (Lipinski definition) is 5. The number of benzene rings is 1. The molecule has 0 spiro atoms. The zero-order valence-electron chi connectivity index (χ0n) is 17.9. The highest BCUT2D eigenvalue weighted by molar-refractivity contribution is 14.0. The minimum Gasteiger partial charge on any atom is -0.454 e. The van der Waals surface area contributed by atoms with E-state index in [2.05, 4.69) is 49.8 Å². The molecule has 3 rings (SSSR count). The van der Waals surface area contributed by atoms with Crippen LogP contribution in [0.5, 0.6) is 11.5 Å². The average molecular weight is 535 g/mol. The summed E-state index contributed by atoms with van der Waals surface area (Å²) in [5.74, 6) is 2.54. The Labute approximate surface area is 195 Å². The van der Waals surface area contributed by atoms with Crippen LogP contribution in [-0.4, -0.2) is 56.6 Å². The van der Waals surface area contributed by atoms with E-state index < -0.39 is 0 Å². The molecule has 0 atom stereocenters. The van der Waals surface area contributed by atoms with Gasteiger partial charge in [0.1, 0.15) is 0 Å². The third kappa shape index (κ3) is 6.30. The van der Waals surface area contributed by atoms with Gasteiger partial charge in [-0.2, -0.15) is 11.8 Å². The van der Waals surface area contributed by atoms with Crippen molar-refractivity contribution in [2.24, 2.45) is 4.99 Å². The second-order valence-electron chi connectivity index (χ2n) is 7.97. The topological polar surface area (TPSA) is 64.1 Å². The zero-order chi connectivity index (χ0) is 20.0. The number of rotatable bonds is 7. The summed E-state index contributed by atoms with van der Waals surface area (Å²) in [6.07, 6.45) is 4.07. The van der Waals surface area contributed by atoms with Crippen LogP contribution < -0.4 is 20.1 Å². The molecule has 0 aliphatic carbocycles. The Kier molecular flexibility index (Phi) is 9.21. The van der Waals surface area contributed by atoms with Crippen LogP contribution in [-0.2, 0) is 10.2 Å². The number of guanidine groups is 1. The van der Waals surface area contributed by atoms with E-state index in [1.807, 2.05) is 17.8 Å². The van der Waals surface area contributed by atoms with E-state index in [4.69, 9.17) is 19.2 Å².